The van der Waals surface area contributed by atoms with Gasteiger partial charge in [0.2, 0.25) is 0 Å². The summed E-state index contributed by atoms with van der Waals surface area (Å²) < 4.78 is 5.95. The third-order valence-electron chi connectivity index (χ3n) is 4.22. The highest BCUT2D eigenvalue weighted by atomic mass is 35.5. The van der Waals surface area contributed by atoms with Crippen molar-refractivity contribution >= 4 is 11.6 Å². The van der Waals surface area contributed by atoms with Crippen molar-refractivity contribution in [2.45, 2.75) is 45.3 Å². The molecule has 19 heavy (non-hydrogen) atoms. The lowest BCUT2D eigenvalue weighted by Crippen LogP contribution is -2.43. The van der Waals surface area contributed by atoms with Gasteiger partial charge in [-0.1, -0.05) is 18.5 Å². The summed E-state index contributed by atoms with van der Waals surface area (Å²) in [6.07, 6.45) is 3.37. The molecule has 0 saturated carbocycles. The molecular weight excluding hydrogens is 262 g/mol. The van der Waals surface area contributed by atoms with E-state index in [9.17, 15) is 0 Å². The lowest BCUT2D eigenvalue weighted by molar-refractivity contribution is -0.0542. The summed E-state index contributed by atoms with van der Waals surface area (Å²) in [5, 5.41) is 0.564. The molecule has 2 atom stereocenters. The van der Waals surface area contributed by atoms with Crippen molar-refractivity contribution in [2.75, 3.05) is 19.7 Å². The second-order valence-electron chi connectivity index (χ2n) is 5.41. The van der Waals surface area contributed by atoms with Crippen LogP contribution >= 0.6 is 11.6 Å². The fraction of sp³-hybridized carbons (Fsp3) is 0.714. The Hall–Kier alpha value is -0.710. The van der Waals surface area contributed by atoms with E-state index < -0.39 is 0 Å². The van der Waals surface area contributed by atoms with Crippen LogP contribution in [0.25, 0.3) is 0 Å². The Morgan fingerprint density at radius 1 is 1.42 bits per heavy atom. The minimum atomic E-state index is -0.0299. The van der Waals surface area contributed by atoms with Crippen LogP contribution in [0.5, 0.6) is 0 Å². The molecule has 0 bridgehead atoms. The summed E-state index contributed by atoms with van der Waals surface area (Å²) in [5.74, 6) is 0.748. The van der Waals surface area contributed by atoms with Crippen molar-refractivity contribution in [2.24, 2.45) is 0 Å². The Labute approximate surface area is 119 Å². The predicted octanol–water partition coefficient (Wildman–Crippen LogP) is 2.54. The second-order valence-corrected chi connectivity index (χ2v) is 5.77. The van der Waals surface area contributed by atoms with Crippen molar-refractivity contribution in [3.8, 4) is 0 Å². The molecule has 0 N–H and O–H groups in total. The predicted molar refractivity (Wildman–Crippen MR) is 74.4 cm³/mol. The average molecular weight is 282 g/mol. The number of nitrogens with zero attached hydrogens (tertiary/aromatic N) is 3. The summed E-state index contributed by atoms with van der Waals surface area (Å²) in [4.78, 5) is 11.6. The molecular formula is C14H20ClN3O. The van der Waals surface area contributed by atoms with Crippen LogP contribution in [0.4, 0.5) is 0 Å². The quantitative estimate of drug-likeness (QED) is 0.781. The number of hydrogen-bond acceptors (Lipinski definition) is 4. The summed E-state index contributed by atoms with van der Waals surface area (Å²) in [6, 6.07) is 0.600. The smallest absolute Gasteiger partial charge is 0.160 e. The third-order valence-corrected chi connectivity index (χ3v) is 4.58. The van der Waals surface area contributed by atoms with Gasteiger partial charge in [-0.25, -0.2) is 9.97 Å². The molecule has 0 aliphatic carbocycles. The van der Waals surface area contributed by atoms with Gasteiger partial charge in [-0.3, -0.25) is 4.90 Å². The number of hydrogen-bond donors (Lipinski definition) is 0. The van der Waals surface area contributed by atoms with E-state index >= 15 is 0 Å². The van der Waals surface area contributed by atoms with Crippen LogP contribution in [-0.4, -0.2) is 40.6 Å². The van der Waals surface area contributed by atoms with Crippen LogP contribution in [0.3, 0.4) is 0 Å². The maximum absolute atomic E-state index is 6.21. The molecule has 0 aromatic carbocycles. The first-order valence-corrected chi connectivity index (χ1v) is 7.45. The van der Waals surface area contributed by atoms with Crippen LogP contribution < -0.4 is 0 Å². The maximum atomic E-state index is 6.21. The zero-order valence-corrected chi connectivity index (χ0v) is 12.3. The summed E-state index contributed by atoms with van der Waals surface area (Å²) in [7, 11) is 0. The van der Waals surface area contributed by atoms with Crippen molar-refractivity contribution in [1.29, 1.82) is 0 Å². The summed E-state index contributed by atoms with van der Waals surface area (Å²) in [6.45, 7) is 6.93. The van der Waals surface area contributed by atoms with Gasteiger partial charge in [0.1, 0.15) is 11.3 Å². The average Bonchev–Trinajstić information content (AvgIpc) is 2.89. The molecule has 104 valence electrons. The van der Waals surface area contributed by atoms with Gasteiger partial charge >= 0.3 is 0 Å². The van der Waals surface area contributed by atoms with Gasteiger partial charge in [-0.05, 0) is 32.7 Å². The Kier molecular flexibility index (Phi) is 3.74. The monoisotopic (exact) mass is 281 g/mol. The Morgan fingerprint density at radius 2 is 2.26 bits per heavy atom. The highest BCUT2D eigenvalue weighted by molar-refractivity contribution is 6.30. The molecule has 2 fully saturated rings. The zero-order chi connectivity index (χ0) is 13.4. The van der Waals surface area contributed by atoms with E-state index in [0.29, 0.717) is 11.2 Å². The van der Waals surface area contributed by atoms with Crippen LogP contribution in [0.2, 0.25) is 5.15 Å². The lowest BCUT2D eigenvalue weighted by atomic mass is 10.1. The Bertz CT molecular complexity index is 480. The molecule has 5 heteroatoms. The maximum Gasteiger partial charge on any atom is 0.160 e. The standard InChI is InChI=1S/C14H20ClN3O/c1-3-11-9(2)13(15)17-14(16-11)12-7-18-6-4-5-10(18)8-19-12/h10,12H,3-8H2,1-2H3. The molecule has 2 unspecified atom stereocenters. The number of ether oxygens (including phenoxy) is 1. The first-order chi connectivity index (χ1) is 9.19. The number of rotatable bonds is 2. The van der Waals surface area contributed by atoms with E-state index in [2.05, 4.69) is 21.8 Å². The molecule has 2 aliphatic heterocycles. The van der Waals surface area contributed by atoms with Gasteiger partial charge in [-0.2, -0.15) is 0 Å². The molecule has 0 amide bonds. The van der Waals surface area contributed by atoms with Crippen LogP contribution in [0, 0.1) is 6.92 Å². The Balaban J connectivity index is 1.84. The molecule has 1 aromatic heterocycles. The molecule has 2 saturated heterocycles. The first-order valence-electron chi connectivity index (χ1n) is 7.07. The van der Waals surface area contributed by atoms with E-state index in [0.717, 1.165) is 36.7 Å². The number of halogens is 1. The fourth-order valence-corrected chi connectivity index (χ4v) is 3.21. The minimum Gasteiger partial charge on any atom is -0.367 e. The number of aryl methyl sites for hydroxylation is 1. The molecule has 3 heterocycles. The van der Waals surface area contributed by atoms with Gasteiger partial charge in [0.25, 0.3) is 0 Å². The number of morpholine rings is 1. The minimum absolute atomic E-state index is 0.0299. The van der Waals surface area contributed by atoms with Gasteiger partial charge < -0.3 is 4.74 Å². The van der Waals surface area contributed by atoms with Crippen molar-refractivity contribution in [3.05, 3.63) is 22.2 Å². The normalized spacial score (nSPS) is 27.5. The number of fused-ring (bicyclic) bond motifs is 1. The highest BCUT2D eigenvalue weighted by Gasteiger charge is 2.34. The van der Waals surface area contributed by atoms with Crippen molar-refractivity contribution in [1.82, 2.24) is 14.9 Å². The SMILES string of the molecule is CCc1nc(C2CN3CCCC3CO2)nc(Cl)c1C. The number of aromatic nitrogens is 2. The van der Waals surface area contributed by atoms with Crippen molar-refractivity contribution < 1.29 is 4.74 Å². The topological polar surface area (TPSA) is 38.2 Å². The molecule has 3 rings (SSSR count). The zero-order valence-electron chi connectivity index (χ0n) is 11.5. The summed E-state index contributed by atoms with van der Waals surface area (Å²) in [5.41, 5.74) is 2.02. The first kappa shape index (κ1) is 13.3. The van der Waals surface area contributed by atoms with E-state index in [1.165, 1.54) is 19.4 Å². The second kappa shape index (κ2) is 5.35. The molecule has 0 spiro atoms. The largest absolute Gasteiger partial charge is 0.367 e. The van der Waals surface area contributed by atoms with E-state index in [1.54, 1.807) is 0 Å². The van der Waals surface area contributed by atoms with E-state index in [1.807, 2.05) is 6.92 Å². The third kappa shape index (κ3) is 2.49. The van der Waals surface area contributed by atoms with E-state index in [-0.39, 0.29) is 6.10 Å². The van der Waals surface area contributed by atoms with Gasteiger partial charge in [0.15, 0.2) is 5.82 Å². The molecule has 1 aromatic rings. The van der Waals surface area contributed by atoms with Crippen LogP contribution in [-0.2, 0) is 11.2 Å². The molecule has 4 nitrogen and oxygen atoms in total. The van der Waals surface area contributed by atoms with Gasteiger partial charge in [-0.15, -0.1) is 0 Å². The van der Waals surface area contributed by atoms with E-state index in [4.69, 9.17) is 16.3 Å². The van der Waals surface area contributed by atoms with Crippen LogP contribution in [0.1, 0.15) is 43.0 Å². The molecule has 0 radical (unpaired) electrons. The lowest BCUT2D eigenvalue weighted by Gasteiger charge is -2.34. The highest BCUT2D eigenvalue weighted by Crippen LogP contribution is 2.29. The Morgan fingerprint density at radius 3 is 3.05 bits per heavy atom. The van der Waals surface area contributed by atoms with Crippen LogP contribution in [0.15, 0.2) is 0 Å². The van der Waals surface area contributed by atoms with Crippen molar-refractivity contribution in [3.63, 3.8) is 0 Å². The van der Waals surface area contributed by atoms with Gasteiger partial charge in [0, 0.05) is 23.8 Å². The summed E-state index contributed by atoms with van der Waals surface area (Å²) >= 11 is 6.21. The molecule has 2 aliphatic rings. The van der Waals surface area contributed by atoms with Gasteiger partial charge in [0.05, 0.1) is 6.61 Å². The fourth-order valence-electron chi connectivity index (χ4n) is 3.01.